The first-order valence-electron chi connectivity index (χ1n) is 7.83. The van der Waals surface area contributed by atoms with Crippen LogP contribution in [0.25, 0.3) is 0 Å². The topological polar surface area (TPSA) is 49.6 Å². The van der Waals surface area contributed by atoms with Gasteiger partial charge in [-0.3, -0.25) is 9.69 Å². The monoisotopic (exact) mass is 289 g/mol. The molecule has 116 valence electrons. The average molecular weight is 289 g/mol. The second-order valence-electron chi connectivity index (χ2n) is 6.27. The molecule has 2 N–H and O–H groups in total. The minimum atomic E-state index is -0.398. The van der Waals surface area contributed by atoms with Crippen molar-refractivity contribution in [2.75, 3.05) is 13.1 Å². The molecule has 1 amide bonds. The molecular formula is C17H27N3O. The molecule has 2 rings (SSSR count). The molecule has 1 aromatic carbocycles. The second-order valence-corrected chi connectivity index (χ2v) is 6.27. The number of amides is 1. The van der Waals surface area contributed by atoms with E-state index in [-0.39, 0.29) is 5.91 Å². The predicted molar refractivity (Wildman–Crippen MR) is 85.8 cm³/mol. The van der Waals surface area contributed by atoms with Crippen LogP contribution in [0.1, 0.15) is 32.8 Å². The summed E-state index contributed by atoms with van der Waals surface area (Å²) in [4.78, 5) is 16.4. The fourth-order valence-electron chi connectivity index (χ4n) is 3.03. The Kier molecular flexibility index (Phi) is 5.37. The van der Waals surface area contributed by atoms with Crippen LogP contribution < -0.4 is 5.73 Å². The summed E-state index contributed by atoms with van der Waals surface area (Å²) in [5, 5.41) is 0. The van der Waals surface area contributed by atoms with Crippen molar-refractivity contribution in [1.29, 1.82) is 0 Å². The van der Waals surface area contributed by atoms with Gasteiger partial charge in [0, 0.05) is 31.7 Å². The molecule has 1 heterocycles. The second kappa shape index (κ2) is 7.05. The van der Waals surface area contributed by atoms with E-state index in [4.69, 9.17) is 5.73 Å². The maximum atomic E-state index is 12.0. The lowest BCUT2D eigenvalue weighted by Gasteiger charge is -2.32. The van der Waals surface area contributed by atoms with Crippen LogP contribution in [-0.2, 0) is 11.3 Å². The van der Waals surface area contributed by atoms with Crippen molar-refractivity contribution < 1.29 is 4.79 Å². The highest BCUT2D eigenvalue weighted by atomic mass is 16.2. The minimum Gasteiger partial charge on any atom is -0.340 e. The van der Waals surface area contributed by atoms with Gasteiger partial charge in [-0.05, 0) is 32.8 Å². The summed E-state index contributed by atoms with van der Waals surface area (Å²) >= 11 is 0. The predicted octanol–water partition coefficient (Wildman–Crippen LogP) is 1.85. The van der Waals surface area contributed by atoms with Gasteiger partial charge in [0.15, 0.2) is 0 Å². The number of nitrogens with two attached hydrogens (primary N) is 1. The average Bonchev–Trinajstić information content (AvgIpc) is 2.94. The first-order valence-corrected chi connectivity index (χ1v) is 7.83. The van der Waals surface area contributed by atoms with Crippen molar-refractivity contribution >= 4 is 5.91 Å². The summed E-state index contributed by atoms with van der Waals surface area (Å²) in [7, 11) is 0. The Hall–Kier alpha value is -1.39. The lowest BCUT2D eigenvalue weighted by Crippen LogP contribution is -2.45. The molecule has 0 aliphatic carbocycles. The Morgan fingerprint density at radius 3 is 2.57 bits per heavy atom. The maximum Gasteiger partial charge on any atom is 0.239 e. The SMILES string of the molecule is CC(C)N(Cc1ccccc1)C1CCN(C(=O)[C@H](C)N)C1. The van der Waals surface area contributed by atoms with Gasteiger partial charge in [0.05, 0.1) is 6.04 Å². The molecule has 2 atom stereocenters. The van der Waals surface area contributed by atoms with E-state index in [1.807, 2.05) is 11.0 Å². The molecular weight excluding hydrogens is 262 g/mol. The van der Waals surface area contributed by atoms with Crippen LogP contribution in [0.15, 0.2) is 30.3 Å². The fourth-order valence-corrected chi connectivity index (χ4v) is 3.03. The van der Waals surface area contributed by atoms with Crippen molar-refractivity contribution in [1.82, 2.24) is 9.80 Å². The Morgan fingerprint density at radius 2 is 2.00 bits per heavy atom. The third-order valence-electron chi connectivity index (χ3n) is 4.20. The molecule has 0 aromatic heterocycles. The van der Waals surface area contributed by atoms with Gasteiger partial charge in [-0.1, -0.05) is 30.3 Å². The van der Waals surface area contributed by atoms with Gasteiger partial charge >= 0.3 is 0 Å². The number of likely N-dealkylation sites (tertiary alicyclic amines) is 1. The number of carbonyl (C=O) groups excluding carboxylic acids is 1. The summed E-state index contributed by atoms with van der Waals surface area (Å²) < 4.78 is 0. The molecule has 4 heteroatoms. The van der Waals surface area contributed by atoms with Gasteiger partial charge in [-0.15, -0.1) is 0 Å². The first-order chi connectivity index (χ1) is 9.99. The summed E-state index contributed by atoms with van der Waals surface area (Å²) in [6, 6.07) is 11.0. The van der Waals surface area contributed by atoms with Gasteiger partial charge in [-0.2, -0.15) is 0 Å². The first kappa shape index (κ1) is 16.0. The van der Waals surface area contributed by atoms with Crippen molar-refractivity contribution in [3.8, 4) is 0 Å². The van der Waals surface area contributed by atoms with Crippen molar-refractivity contribution in [3.63, 3.8) is 0 Å². The summed E-state index contributed by atoms with van der Waals surface area (Å²) in [5.41, 5.74) is 7.04. The zero-order chi connectivity index (χ0) is 15.4. The number of hydrogen-bond acceptors (Lipinski definition) is 3. The molecule has 0 radical (unpaired) electrons. The summed E-state index contributed by atoms with van der Waals surface area (Å²) in [5.74, 6) is 0.0703. The van der Waals surface area contributed by atoms with E-state index in [9.17, 15) is 4.79 Å². The summed E-state index contributed by atoms with van der Waals surface area (Å²) in [6.45, 7) is 8.76. The zero-order valence-corrected chi connectivity index (χ0v) is 13.3. The highest BCUT2D eigenvalue weighted by molar-refractivity contribution is 5.81. The molecule has 1 aliphatic heterocycles. The van der Waals surface area contributed by atoms with E-state index in [1.54, 1.807) is 6.92 Å². The zero-order valence-electron chi connectivity index (χ0n) is 13.3. The van der Waals surface area contributed by atoms with E-state index in [0.29, 0.717) is 12.1 Å². The maximum absolute atomic E-state index is 12.0. The third kappa shape index (κ3) is 4.05. The normalized spacial score (nSPS) is 20.3. The van der Waals surface area contributed by atoms with Crippen molar-refractivity contribution in [3.05, 3.63) is 35.9 Å². The van der Waals surface area contributed by atoms with Crippen LogP contribution in [0.2, 0.25) is 0 Å². The van der Waals surface area contributed by atoms with E-state index >= 15 is 0 Å². The molecule has 1 aliphatic rings. The smallest absolute Gasteiger partial charge is 0.239 e. The largest absolute Gasteiger partial charge is 0.340 e. The minimum absolute atomic E-state index is 0.0703. The van der Waals surface area contributed by atoms with Crippen LogP contribution in [0, 0.1) is 0 Å². The number of carbonyl (C=O) groups is 1. The molecule has 1 aromatic rings. The molecule has 1 fully saturated rings. The van der Waals surface area contributed by atoms with Crippen LogP contribution >= 0.6 is 0 Å². The Morgan fingerprint density at radius 1 is 1.33 bits per heavy atom. The lowest BCUT2D eigenvalue weighted by atomic mass is 10.1. The molecule has 1 unspecified atom stereocenters. The standard InChI is InChI=1S/C17H27N3O/c1-13(2)20(11-15-7-5-4-6-8-15)16-9-10-19(12-16)17(21)14(3)18/h4-8,13-14,16H,9-12,18H2,1-3H3/t14-,16?/m0/s1. The van der Waals surface area contributed by atoms with Crippen molar-refractivity contribution in [2.45, 2.75) is 51.9 Å². The van der Waals surface area contributed by atoms with Crippen LogP contribution in [0.3, 0.4) is 0 Å². The highest BCUT2D eigenvalue weighted by Gasteiger charge is 2.32. The molecule has 1 saturated heterocycles. The number of rotatable bonds is 5. The van der Waals surface area contributed by atoms with Gasteiger partial charge in [0.25, 0.3) is 0 Å². The van der Waals surface area contributed by atoms with Crippen LogP contribution in [0.5, 0.6) is 0 Å². The van der Waals surface area contributed by atoms with E-state index in [2.05, 4.69) is 43.0 Å². The Balaban J connectivity index is 2.02. The van der Waals surface area contributed by atoms with Gasteiger partial charge in [0.1, 0.15) is 0 Å². The molecule has 0 bridgehead atoms. The van der Waals surface area contributed by atoms with E-state index in [0.717, 1.165) is 26.1 Å². The number of hydrogen-bond donors (Lipinski definition) is 1. The highest BCUT2D eigenvalue weighted by Crippen LogP contribution is 2.21. The van der Waals surface area contributed by atoms with Crippen LogP contribution in [-0.4, -0.2) is 46.9 Å². The van der Waals surface area contributed by atoms with Gasteiger partial charge < -0.3 is 10.6 Å². The molecule has 0 spiro atoms. The lowest BCUT2D eigenvalue weighted by molar-refractivity contribution is -0.131. The Bertz CT molecular complexity index is 458. The van der Waals surface area contributed by atoms with Gasteiger partial charge in [-0.25, -0.2) is 0 Å². The van der Waals surface area contributed by atoms with E-state index in [1.165, 1.54) is 5.56 Å². The van der Waals surface area contributed by atoms with Gasteiger partial charge in [0.2, 0.25) is 5.91 Å². The van der Waals surface area contributed by atoms with Crippen molar-refractivity contribution in [2.24, 2.45) is 5.73 Å². The van der Waals surface area contributed by atoms with Crippen LogP contribution in [0.4, 0.5) is 0 Å². The third-order valence-corrected chi connectivity index (χ3v) is 4.20. The summed E-state index contributed by atoms with van der Waals surface area (Å²) in [6.07, 6.45) is 1.03. The Labute approximate surface area is 127 Å². The number of benzene rings is 1. The molecule has 0 saturated carbocycles. The quantitative estimate of drug-likeness (QED) is 0.900. The van der Waals surface area contributed by atoms with E-state index < -0.39 is 6.04 Å². The molecule has 21 heavy (non-hydrogen) atoms. The fraction of sp³-hybridized carbons (Fsp3) is 0.588. The molecule has 4 nitrogen and oxygen atoms in total. The number of nitrogens with zero attached hydrogens (tertiary/aromatic N) is 2.